The zero-order valence-electron chi connectivity index (χ0n) is 7.05. The largest absolute Gasteiger partial charge is 0.504 e. The molecule has 0 bridgehead atoms. The minimum Gasteiger partial charge on any atom is -0.504 e. The lowest BCUT2D eigenvalue weighted by Crippen LogP contribution is -2.17. The number of aromatic nitrogens is 1. The minimum absolute atomic E-state index is 0.0334. The van der Waals surface area contributed by atoms with Crippen molar-refractivity contribution in [3.05, 3.63) is 10.5 Å². The molecule has 1 heterocycles. The van der Waals surface area contributed by atoms with Crippen LogP contribution in [-0.4, -0.2) is 28.5 Å². The smallest absolute Gasteiger partial charge is 0.238 e. The van der Waals surface area contributed by atoms with Crippen LogP contribution in [0.4, 0.5) is 5.82 Å². The van der Waals surface area contributed by atoms with Crippen LogP contribution in [0, 0.1) is 0 Å². The van der Waals surface area contributed by atoms with Crippen LogP contribution in [0.2, 0.25) is 0 Å². The molecule has 0 saturated carbocycles. The topological polar surface area (TPSA) is 114 Å². The number of nitrogens with zero attached hydrogens (tertiary/aromatic N) is 1. The maximum Gasteiger partial charge on any atom is 0.238 e. The molecular weight excluding hydrogens is 312 g/mol. The van der Waals surface area contributed by atoms with Gasteiger partial charge in [0.15, 0.2) is 16.6 Å². The zero-order chi connectivity index (χ0) is 11.8. The summed E-state index contributed by atoms with van der Waals surface area (Å²) in [6.07, 6.45) is 0. The Bertz CT molecular complexity index is 490. The van der Waals surface area contributed by atoms with E-state index in [9.17, 15) is 8.42 Å². The second-order valence-corrected chi connectivity index (χ2v) is 5.97. The third-order valence-electron chi connectivity index (χ3n) is 1.48. The second kappa shape index (κ2) is 4.12. The Hall–Kier alpha value is -0.570. The summed E-state index contributed by atoms with van der Waals surface area (Å²) in [7, 11) is -4.17. The first-order valence-corrected chi connectivity index (χ1v) is 6.25. The predicted octanol–water partition coefficient (Wildman–Crippen LogP) is 0.420. The average Bonchev–Trinajstić information content (AvgIpc) is 2.10. The van der Waals surface area contributed by atoms with Gasteiger partial charge in [-0.25, -0.2) is 13.4 Å². The average molecular weight is 318 g/mol. The molecule has 0 radical (unpaired) electrons. The maximum absolute atomic E-state index is 11.4. The number of pyridine rings is 1. The number of hydrogen-bond acceptors (Lipinski definition) is 6. The van der Waals surface area contributed by atoms with Gasteiger partial charge in [0.05, 0.1) is 4.47 Å². The molecule has 84 valence electrons. The Morgan fingerprint density at radius 2 is 2.13 bits per heavy atom. The molecule has 0 aromatic carbocycles. The molecule has 1 aromatic rings. The summed E-state index contributed by atoms with van der Waals surface area (Å²) < 4.78 is 22.8. The van der Waals surface area contributed by atoms with Crippen LogP contribution >= 0.6 is 27.5 Å². The fraction of sp³-hybridized carbons (Fsp3) is 0.167. The number of aromatic hydroxyl groups is 1. The summed E-state index contributed by atoms with van der Waals surface area (Å²) in [6, 6.07) is 1.05. The molecule has 1 unspecified atom stereocenters. The monoisotopic (exact) mass is 316 g/mol. The molecule has 0 aliphatic heterocycles. The number of nitrogen functional groups attached to an aromatic ring is 1. The predicted molar refractivity (Wildman–Crippen MR) is 57.1 cm³/mol. The molecule has 4 N–H and O–H groups in total. The highest BCUT2D eigenvalue weighted by Gasteiger charge is 2.28. The van der Waals surface area contributed by atoms with Crippen molar-refractivity contribution in [1.82, 2.24) is 4.98 Å². The second-order valence-electron chi connectivity index (χ2n) is 2.52. The number of aliphatic hydroxyl groups excluding tert-OH is 1. The molecule has 1 atom stereocenters. The number of anilines is 1. The van der Waals surface area contributed by atoms with Gasteiger partial charge in [0, 0.05) is 6.07 Å². The molecule has 1 rings (SSSR count). The number of aliphatic hydroxyl groups is 1. The van der Waals surface area contributed by atoms with E-state index < -0.39 is 19.8 Å². The van der Waals surface area contributed by atoms with Crippen LogP contribution in [0.3, 0.4) is 0 Å². The molecule has 0 spiro atoms. The fourth-order valence-electron chi connectivity index (χ4n) is 0.767. The number of nitrogens with two attached hydrogens (primary N) is 1. The Morgan fingerprint density at radius 3 is 2.60 bits per heavy atom. The van der Waals surface area contributed by atoms with E-state index in [1.807, 2.05) is 0 Å². The lowest BCUT2D eigenvalue weighted by molar-refractivity contribution is 0.322. The van der Waals surface area contributed by atoms with Crippen molar-refractivity contribution in [1.29, 1.82) is 0 Å². The van der Waals surface area contributed by atoms with Crippen LogP contribution in [0.5, 0.6) is 5.75 Å². The van der Waals surface area contributed by atoms with E-state index >= 15 is 0 Å². The van der Waals surface area contributed by atoms with E-state index in [2.05, 4.69) is 20.9 Å². The van der Waals surface area contributed by atoms with E-state index in [-0.39, 0.29) is 16.0 Å². The number of rotatable bonds is 2. The van der Waals surface area contributed by atoms with Crippen LogP contribution in [-0.2, 0) is 9.84 Å². The number of hydrogen-bond donors (Lipinski definition) is 3. The lowest BCUT2D eigenvalue weighted by Gasteiger charge is -2.08. The Kier molecular flexibility index (Phi) is 3.44. The van der Waals surface area contributed by atoms with Crippen molar-refractivity contribution in [3.8, 4) is 5.75 Å². The minimum atomic E-state index is -4.17. The lowest BCUT2D eigenvalue weighted by atomic mass is 10.4. The van der Waals surface area contributed by atoms with Crippen LogP contribution in [0.1, 0.15) is 0 Å². The molecule has 0 aliphatic rings. The van der Waals surface area contributed by atoms with Crippen LogP contribution in [0.25, 0.3) is 0 Å². The molecule has 0 saturated heterocycles. The molecule has 0 amide bonds. The highest BCUT2D eigenvalue weighted by Crippen LogP contribution is 2.30. The summed E-state index contributed by atoms with van der Waals surface area (Å²) in [5, 5.41) is 17.4. The summed E-state index contributed by atoms with van der Waals surface area (Å²) in [6.45, 7) is 0. The molecule has 0 aliphatic carbocycles. The maximum atomic E-state index is 11.4. The first kappa shape index (κ1) is 12.5. The van der Waals surface area contributed by atoms with E-state index in [4.69, 9.17) is 27.5 Å². The molecule has 0 fully saturated rings. The first-order chi connectivity index (χ1) is 6.76. The first-order valence-electron chi connectivity index (χ1n) is 3.48. The number of halogens is 2. The third kappa shape index (κ3) is 2.33. The van der Waals surface area contributed by atoms with Crippen molar-refractivity contribution in [3.63, 3.8) is 0 Å². The third-order valence-corrected chi connectivity index (χ3v) is 4.41. The van der Waals surface area contributed by atoms with E-state index in [0.29, 0.717) is 0 Å². The summed E-state index contributed by atoms with van der Waals surface area (Å²) in [5.41, 5.74) is 5.22. The highest BCUT2D eigenvalue weighted by molar-refractivity contribution is 9.10. The van der Waals surface area contributed by atoms with Gasteiger partial charge in [0.25, 0.3) is 0 Å². The van der Waals surface area contributed by atoms with Crippen molar-refractivity contribution in [2.24, 2.45) is 0 Å². The van der Waals surface area contributed by atoms with E-state index in [1.165, 1.54) is 0 Å². The molecular formula is C6H6BrClN2O4S. The quantitative estimate of drug-likeness (QED) is 0.681. The van der Waals surface area contributed by atoms with Gasteiger partial charge >= 0.3 is 0 Å². The van der Waals surface area contributed by atoms with Gasteiger partial charge < -0.3 is 15.9 Å². The number of alkyl halides is 1. The number of sulfone groups is 1. The summed E-state index contributed by atoms with van der Waals surface area (Å²) in [5.74, 6) is -0.737. The molecule has 1 aromatic heterocycles. The van der Waals surface area contributed by atoms with Gasteiger partial charge in [-0.1, -0.05) is 11.6 Å². The normalized spacial score (nSPS) is 13.8. The van der Waals surface area contributed by atoms with Crippen LogP contribution in [0.15, 0.2) is 15.6 Å². The van der Waals surface area contributed by atoms with Crippen molar-refractivity contribution in [2.45, 2.75) is 9.92 Å². The Labute approximate surface area is 98.7 Å². The van der Waals surface area contributed by atoms with Crippen molar-refractivity contribution >= 4 is 43.2 Å². The summed E-state index contributed by atoms with van der Waals surface area (Å²) >= 11 is 7.93. The Balaban J connectivity index is 3.46. The van der Waals surface area contributed by atoms with Gasteiger partial charge in [0.1, 0.15) is 0 Å². The Morgan fingerprint density at radius 1 is 1.60 bits per heavy atom. The molecule has 6 nitrogen and oxygen atoms in total. The van der Waals surface area contributed by atoms with Gasteiger partial charge in [-0.15, -0.1) is 0 Å². The molecule has 9 heteroatoms. The van der Waals surface area contributed by atoms with Crippen molar-refractivity contribution in [2.75, 3.05) is 5.73 Å². The van der Waals surface area contributed by atoms with Crippen LogP contribution < -0.4 is 5.73 Å². The fourth-order valence-corrected chi connectivity index (χ4v) is 2.74. The zero-order valence-corrected chi connectivity index (χ0v) is 10.2. The molecule has 15 heavy (non-hydrogen) atoms. The van der Waals surface area contributed by atoms with Crippen molar-refractivity contribution < 1.29 is 18.6 Å². The van der Waals surface area contributed by atoms with Gasteiger partial charge in [-0.05, 0) is 15.9 Å². The van der Waals surface area contributed by atoms with E-state index in [0.717, 1.165) is 6.07 Å². The van der Waals surface area contributed by atoms with Gasteiger partial charge in [-0.3, -0.25) is 0 Å². The van der Waals surface area contributed by atoms with Gasteiger partial charge in [0.2, 0.25) is 14.7 Å². The SMILES string of the molecule is Nc1nc(S(=O)(=O)C(O)Cl)c(Br)cc1O. The van der Waals surface area contributed by atoms with E-state index in [1.54, 1.807) is 0 Å². The highest BCUT2D eigenvalue weighted by atomic mass is 79.9. The standard InChI is InChI=1S/C6H6BrClN2O4S/c7-2-1-3(11)4(9)10-5(2)15(13,14)6(8)12/h1,6,11-12H,(H2,9,10). The summed E-state index contributed by atoms with van der Waals surface area (Å²) in [4.78, 5) is 1.29. The van der Waals surface area contributed by atoms with Gasteiger partial charge in [-0.2, -0.15) is 0 Å².